The molecule has 3 aromatic rings. The quantitative estimate of drug-likeness (QED) is 0.465. The number of fused-ring (bicyclic) bond motifs is 2. The number of ether oxygens (including phenoxy) is 3. The summed E-state index contributed by atoms with van der Waals surface area (Å²) >= 11 is 6.27. The molecule has 0 radical (unpaired) electrons. The maximum absolute atomic E-state index is 14.0. The second-order valence-corrected chi connectivity index (χ2v) is 10.7. The van der Waals surface area contributed by atoms with E-state index in [0.29, 0.717) is 45.2 Å². The van der Waals surface area contributed by atoms with Crippen LogP contribution in [0.2, 0.25) is 5.02 Å². The van der Waals surface area contributed by atoms with Gasteiger partial charge in [-0.05, 0) is 56.3 Å². The van der Waals surface area contributed by atoms with Crippen molar-refractivity contribution in [2.24, 2.45) is 0 Å². The van der Waals surface area contributed by atoms with E-state index >= 15 is 0 Å². The number of hydrogen-bond acceptors (Lipinski definition) is 9. The Morgan fingerprint density at radius 2 is 1.83 bits per heavy atom. The van der Waals surface area contributed by atoms with Crippen LogP contribution in [0, 0.1) is 0 Å². The lowest BCUT2D eigenvalue weighted by molar-refractivity contribution is -0.117. The molecule has 2 aromatic carbocycles. The Morgan fingerprint density at radius 3 is 2.62 bits per heavy atom. The number of anilines is 2. The highest BCUT2D eigenvalue weighted by molar-refractivity contribution is 6.31. The normalized spacial score (nSPS) is 16.9. The van der Waals surface area contributed by atoms with E-state index in [4.69, 9.17) is 30.8 Å². The lowest BCUT2D eigenvalue weighted by atomic mass is 9.91. The Balaban J connectivity index is 1.44. The number of carbonyl (C=O) groups is 2. The average Bonchev–Trinajstić information content (AvgIpc) is 3.00. The summed E-state index contributed by atoms with van der Waals surface area (Å²) in [5.74, 6) is 1.29. The predicted molar refractivity (Wildman–Crippen MR) is 160 cm³/mol. The van der Waals surface area contributed by atoms with Gasteiger partial charge in [-0.25, -0.2) is 9.97 Å². The maximum Gasteiger partial charge on any atom is 0.257 e. The number of amides is 2. The largest absolute Gasteiger partial charge is 0.487 e. The first-order chi connectivity index (χ1) is 20.4. The number of carbonyl (C=O) groups excluding carboxylic acids is 2. The van der Waals surface area contributed by atoms with Gasteiger partial charge >= 0.3 is 0 Å². The van der Waals surface area contributed by atoms with E-state index in [1.54, 1.807) is 36.5 Å². The van der Waals surface area contributed by atoms with E-state index < -0.39 is 5.91 Å². The number of aromatic nitrogens is 2. The highest BCUT2D eigenvalue weighted by Crippen LogP contribution is 2.36. The number of para-hydroxylation sites is 2. The minimum Gasteiger partial charge on any atom is -0.487 e. The van der Waals surface area contributed by atoms with Gasteiger partial charge in [0, 0.05) is 37.8 Å². The Hall–Kier alpha value is -3.93. The van der Waals surface area contributed by atoms with Crippen LogP contribution in [0.3, 0.4) is 0 Å². The van der Waals surface area contributed by atoms with Crippen LogP contribution >= 0.6 is 11.6 Å². The van der Waals surface area contributed by atoms with Crippen LogP contribution in [-0.2, 0) is 9.53 Å². The summed E-state index contributed by atoms with van der Waals surface area (Å²) in [5.41, 5.74) is 1.47. The SMILES string of the molecule is CN(C)c1ncc(C(=O)N2CCOCCOc3ccccc3Oc3ccc(Cl)cc3NC(=O)C2)c(C2CCNCC2)n1. The van der Waals surface area contributed by atoms with Gasteiger partial charge in [0.25, 0.3) is 5.91 Å². The Morgan fingerprint density at radius 1 is 1.05 bits per heavy atom. The molecule has 42 heavy (non-hydrogen) atoms. The number of rotatable bonds is 3. The number of benzene rings is 2. The van der Waals surface area contributed by atoms with Gasteiger partial charge in [-0.2, -0.15) is 0 Å². The minimum absolute atomic E-state index is 0.102. The Labute approximate surface area is 250 Å². The van der Waals surface area contributed by atoms with E-state index in [0.717, 1.165) is 25.9 Å². The third-order valence-corrected chi connectivity index (χ3v) is 7.29. The van der Waals surface area contributed by atoms with Crippen LogP contribution < -0.4 is 25.0 Å². The van der Waals surface area contributed by atoms with Crippen molar-refractivity contribution in [2.45, 2.75) is 18.8 Å². The first-order valence-electron chi connectivity index (χ1n) is 14.0. The molecule has 5 rings (SSSR count). The Kier molecular flexibility index (Phi) is 9.73. The average molecular weight is 595 g/mol. The number of halogens is 1. The molecule has 2 aliphatic heterocycles. The Bertz CT molecular complexity index is 1410. The van der Waals surface area contributed by atoms with Crippen molar-refractivity contribution >= 4 is 35.1 Å². The standard InChI is InChI=1S/C30H35ClN6O5/c1-36(2)30-33-18-22(28(35-30)20-9-11-32-12-10-20)29(39)37-13-14-40-15-16-41-25-5-3-4-6-26(25)42-24-8-7-21(31)17-23(24)34-27(38)19-37/h3-8,17-18,20,32H,9-16,19H2,1-2H3,(H,34,38). The molecular formula is C30H35ClN6O5. The van der Waals surface area contributed by atoms with E-state index in [9.17, 15) is 9.59 Å². The molecule has 222 valence electrons. The lowest BCUT2D eigenvalue weighted by Gasteiger charge is -2.27. The van der Waals surface area contributed by atoms with Gasteiger partial charge in [-0.1, -0.05) is 23.7 Å². The number of piperidine rings is 1. The van der Waals surface area contributed by atoms with Crippen LogP contribution in [-0.4, -0.2) is 86.8 Å². The van der Waals surface area contributed by atoms with Crippen LogP contribution in [0.1, 0.15) is 34.8 Å². The fourth-order valence-corrected chi connectivity index (χ4v) is 5.08. The van der Waals surface area contributed by atoms with Crippen molar-refractivity contribution < 1.29 is 23.8 Å². The third-order valence-electron chi connectivity index (χ3n) is 7.06. The lowest BCUT2D eigenvalue weighted by Crippen LogP contribution is -2.41. The summed E-state index contributed by atoms with van der Waals surface area (Å²) in [6.45, 7) is 2.42. The zero-order valence-corrected chi connectivity index (χ0v) is 24.5. The number of hydrogen-bond donors (Lipinski definition) is 2. The van der Waals surface area contributed by atoms with Crippen molar-refractivity contribution in [1.29, 1.82) is 0 Å². The van der Waals surface area contributed by atoms with E-state index in [1.807, 2.05) is 31.1 Å². The number of nitrogens with one attached hydrogen (secondary N) is 2. The van der Waals surface area contributed by atoms with Gasteiger partial charge < -0.3 is 34.6 Å². The van der Waals surface area contributed by atoms with E-state index in [1.165, 1.54) is 4.90 Å². The molecule has 0 unspecified atom stereocenters. The fraction of sp³-hybridized carbons (Fsp3) is 0.400. The molecule has 0 spiro atoms. The summed E-state index contributed by atoms with van der Waals surface area (Å²) in [6.07, 6.45) is 3.28. The maximum atomic E-state index is 14.0. The van der Waals surface area contributed by atoms with E-state index in [-0.39, 0.29) is 44.7 Å². The molecule has 3 heterocycles. The van der Waals surface area contributed by atoms with Crippen molar-refractivity contribution in [3.63, 3.8) is 0 Å². The van der Waals surface area contributed by atoms with Gasteiger partial charge in [0.1, 0.15) is 13.2 Å². The summed E-state index contributed by atoms with van der Waals surface area (Å²) in [7, 11) is 3.73. The molecule has 1 aromatic heterocycles. The zero-order valence-electron chi connectivity index (χ0n) is 23.8. The minimum atomic E-state index is -0.413. The molecule has 0 atom stereocenters. The monoisotopic (exact) mass is 594 g/mol. The molecule has 0 aliphatic carbocycles. The van der Waals surface area contributed by atoms with Crippen LogP contribution in [0.15, 0.2) is 48.7 Å². The topological polar surface area (TPSA) is 118 Å². The van der Waals surface area contributed by atoms with Crippen molar-refractivity contribution in [3.05, 3.63) is 64.9 Å². The van der Waals surface area contributed by atoms with Crippen LogP contribution in [0.25, 0.3) is 0 Å². The van der Waals surface area contributed by atoms with Gasteiger partial charge in [0.15, 0.2) is 17.2 Å². The molecule has 1 saturated heterocycles. The molecule has 0 saturated carbocycles. The predicted octanol–water partition coefficient (Wildman–Crippen LogP) is 3.95. The van der Waals surface area contributed by atoms with E-state index in [2.05, 4.69) is 15.6 Å². The molecule has 1 fully saturated rings. The summed E-state index contributed by atoms with van der Waals surface area (Å²) in [5, 5.41) is 6.65. The molecule has 2 aliphatic rings. The molecular weight excluding hydrogens is 560 g/mol. The first kappa shape index (κ1) is 29.6. The van der Waals surface area contributed by atoms with Gasteiger partial charge in [0.05, 0.1) is 30.2 Å². The number of nitrogens with zero attached hydrogens (tertiary/aromatic N) is 4. The summed E-state index contributed by atoms with van der Waals surface area (Å²) < 4.78 is 17.8. The first-order valence-corrected chi connectivity index (χ1v) is 14.4. The molecule has 2 N–H and O–H groups in total. The highest BCUT2D eigenvalue weighted by Gasteiger charge is 2.28. The molecule has 12 heteroatoms. The van der Waals surface area contributed by atoms with Crippen molar-refractivity contribution in [3.8, 4) is 17.2 Å². The zero-order chi connectivity index (χ0) is 29.5. The highest BCUT2D eigenvalue weighted by atomic mass is 35.5. The summed E-state index contributed by atoms with van der Waals surface area (Å²) in [4.78, 5) is 39.9. The smallest absolute Gasteiger partial charge is 0.257 e. The van der Waals surface area contributed by atoms with Crippen LogP contribution in [0.4, 0.5) is 11.6 Å². The van der Waals surface area contributed by atoms with Gasteiger partial charge in [0.2, 0.25) is 11.9 Å². The molecule has 2 amide bonds. The van der Waals surface area contributed by atoms with Crippen LogP contribution in [0.5, 0.6) is 17.2 Å². The fourth-order valence-electron chi connectivity index (χ4n) is 4.91. The molecule has 11 nitrogen and oxygen atoms in total. The van der Waals surface area contributed by atoms with Crippen molar-refractivity contribution in [2.75, 3.05) is 70.3 Å². The second-order valence-electron chi connectivity index (χ2n) is 10.3. The summed E-state index contributed by atoms with van der Waals surface area (Å²) in [6, 6.07) is 12.2. The van der Waals surface area contributed by atoms with Gasteiger partial charge in [-0.15, -0.1) is 0 Å². The van der Waals surface area contributed by atoms with Gasteiger partial charge in [-0.3, -0.25) is 9.59 Å². The third kappa shape index (κ3) is 7.28. The second kappa shape index (κ2) is 13.8. The van der Waals surface area contributed by atoms with Crippen molar-refractivity contribution in [1.82, 2.24) is 20.2 Å². The molecule has 0 bridgehead atoms.